The third-order valence-corrected chi connectivity index (χ3v) is 11.0. The summed E-state index contributed by atoms with van der Waals surface area (Å²) in [5.74, 6) is 1.19. The Hall–Kier alpha value is -7.57. The zero-order chi connectivity index (χ0) is 36.0. The molecule has 6 nitrogen and oxygen atoms in total. The van der Waals surface area contributed by atoms with Crippen LogP contribution in [0.3, 0.4) is 0 Å². The summed E-state index contributed by atoms with van der Waals surface area (Å²) in [4.78, 5) is 10.1. The predicted molar refractivity (Wildman–Crippen MR) is 225 cm³/mol. The van der Waals surface area contributed by atoms with Crippen LogP contribution in [0.15, 0.2) is 182 Å². The lowest BCUT2D eigenvalue weighted by Gasteiger charge is -2.11. The van der Waals surface area contributed by atoms with Crippen molar-refractivity contribution in [1.29, 1.82) is 0 Å². The quantitative estimate of drug-likeness (QED) is 0.183. The van der Waals surface area contributed by atoms with Crippen LogP contribution < -0.4 is 0 Å². The molecule has 0 saturated carbocycles. The van der Waals surface area contributed by atoms with E-state index in [2.05, 4.69) is 161 Å². The average Bonchev–Trinajstić information content (AvgIpc) is 3.93. The van der Waals surface area contributed by atoms with Crippen LogP contribution in [0.2, 0.25) is 0 Å². The third kappa shape index (κ3) is 4.39. The second-order valence-electron chi connectivity index (χ2n) is 14.1. The zero-order valence-corrected chi connectivity index (χ0v) is 29.5. The molecule has 12 aromatic rings. The van der Waals surface area contributed by atoms with Crippen molar-refractivity contribution in [3.8, 4) is 34.0 Å². The average molecular weight is 703 g/mol. The summed E-state index contributed by atoms with van der Waals surface area (Å²) in [6, 6.07) is 64.6. The Bertz CT molecular complexity index is 3480. The Balaban J connectivity index is 1.14. The maximum atomic E-state index is 5.08. The number of aromatic nitrogens is 6. The number of para-hydroxylation sites is 3. The van der Waals surface area contributed by atoms with Crippen LogP contribution in [0.4, 0.5) is 0 Å². The molecule has 8 aromatic carbocycles. The van der Waals surface area contributed by atoms with Gasteiger partial charge < -0.3 is 9.13 Å². The van der Waals surface area contributed by atoms with Gasteiger partial charge in [-0.25, -0.2) is 4.98 Å². The second-order valence-corrected chi connectivity index (χ2v) is 14.1. The van der Waals surface area contributed by atoms with Crippen LogP contribution >= 0.6 is 0 Å². The van der Waals surface area contributed by atoms with Crippen molar-refractivity contribution in [3.63, 3.8) is 0 Å². The van der Waals surface area contributed by atoms with Crippen molar-refractivity contribution in [1.82, 2.24) is 28.7 Å². The van der Waals surface area contributed by atoms with E-state index in [1.54, 1.807) is 0 Å². The molecule has 0 unspecified atom stereocenters. The SMILES string of the molecule is c1ccc(-c2nc3nc(-c4cccc(-n5c6ccccc6c6ccc7c(c8cc9ccccc9cc8n7-c7ccccc7)c65)c4)nn3c3ccccc23)cc1. The standard InChI is InChI=1S/C49H30N6/c1-3-14-31(15-4-1)46-39-23-10-12-25-42(39)55-49(50-46)51-48(52-55)34-18-13-21-36(28-34)54-41-24-11-9-22-37(41)38-26-27-43-45(47(38)54)40-29-32-16-7-8-17-33(32)30-44(40)53(43)35-19-5-2-6-20-35/h1-30H. The molecule has 12 rings (SSSR count). The van der Waals surface area contributed by atoms with E-state index in [1.807, 2.05) is 34.8 Å². The topological polar surface area (TPSA) is 52.9 Å². The molecule has 0 radical (unpaired) electrons. The van der Waals surface area contributed by atoms with Crippen LogP contribution in [0, 0.1) is 0 Å². The molecular formula is C49H30N6. The molecule has 0 bridgehead atoms. The fraction of sp³-hybridized carbons (Fsp3) is 0. The Labute approximate surface area is 314 Å². The van der Waals surface area contributed by atoms with E-state index in [4.69, 9.17) is 15.1 Å². The van der Waals surface area contributed by atoms with Gasteiger partial charge in [-0.2, -0.15) is 9.50 Å². The lowest BCUT2D eigenvalue weighted by Crippen LogP contribution is -1.97. The number of fused-ring (bicyclic) bond motifs is 11. The summed E-state index contributed by atoms with van der Waals surface area (Å²) < 4.78 is 6.71. The molecule has 256 valence electrons. The molecular weight excluding hydrogens is 673 g/mol. The zero-order valence-electron chi connectivity index (χ0n) is 29.5. The van der Waals surface area contributed by atoms with Crippen molar-refractivity contribution < 1.29 is 0 Å². The summed E-state index contributed by atoms with van der Waals surface area (Å²) in [6.07, 6.45) is 0. The van der Waals surface area contributed by atoms with E-state index in [0.29, 0.717) is 11.6 Å². The normalized spacial score (nSPS) is 12.0. The molecule has 0 aliphatic carbocycles. The van der Waals surface area contributed by atoms with Gasteiger partial charge in [0.15, 0.2) is 5.82 Å². The van der Waals surface area contributed by atoms with Gasteiger partial charge in [-0.3, -0.25) is 0 Å². The number of benzene rings is 8. The Morgan fingerprint density at radius 2 is 1.05 bits per heavy atom. The number of nitrogens with zero attached hydrogens (tertiary/aromatic N) is 6. The Morgan fingerprint density at radius 3 is 1.89 bits per heavy atom. The highest BCUT2D eigenvalue weighted by atomic mass is 15.3. The van der Waals surface area contributed by atoms with Crippen molar-refractivity contribution in [2.75, 3.05) is 0 Å². The highest BCUT2D eigenvalue weighted by Gasteiger charge is 2.22. The molecule has 0 saturated heterocycles. The first-order valence-electron chi connectivity index (χ1n) is 18.5. The van der Waals surface area contributed by atoms with Crippen LogP contribution in [0.25, 0.3) is 105 Å². The molecule has 0 spiro atoms. The van der Waals surface area contributed by atoms with Crippen LogP contribution in [-0.4, -0.2) is 28.7 Å². The van der Waals surface area contributed by atoms with Gasteiger partial charge in [0.1, 0.15) is 0 Å². The molecule has 0 N–H and O–H groups in total. The third-order valence-electron chi connectivity index (χ3n) is 11.0. The van der Waals surface area contributed by atoms with Gasteiger partial charge in [0.2, 0.25) is 0 Å². The fourth-order valence-electron chi connectivity index (χ4n) is 8.64. The van der Waals surface area contributed by atoms with E-state index >= 15 is 0 Å². The van der Waals surface area contributed by atoms with E-state index in [0.717, 1.165) is 44.6 Å². The molecule has 0 amide bonds. The highest BCUT2D eigenvalue weighted by molar-refractivity contribution is 6.27. The van der Waals surface area contributed by atoms with Gasteiger partial charge in [-0.15, -0.1) is 5.10 Å². The van der Waals surface area contributed by atoms with E-state index in [9.17, 15) is 0 Å². The molecule has 6 heteroatoms. The minimum absolute atomic E-state index is 0.567. The Kier molecular flexibility index (Phi) is 6.24. The van der Waals surface area contributed by atoms with Gasteiger partial charge in [0, 0.05) is 49.4 Å². The van der Waals surface area contributed by atoms with Gasteiger partial charge in [0.25, 0.3) is 5.78 Å². The molecule has 0 atom stereocenters. The maximum Gasteiger partial charge on any atom is 0.253 e. The van der Waals surface area contributed by atoms with Crippen molar-refractivity contribution in [2.45, 2.75) is 0 Å². The van der Waals surface area contributed by atoms with Gasteiger partial charge in [0.05, 0.1) is 33.3 Å². The minimum atomic E-state index is 0.567. The fourth-order valence-corrected chi connectivity index (χ4v) is 8.64. The van der Waals surface area contributed by atoms with E-state index < -0.39 is 0 Å². The predicted octanol–water partition coefficient (Wildman–Crippen LogP) is 12.0. The Morgan fingerprint density at radius 1 is 0.382 bits per heavy atom. The summed E-state index contributed by atoms with van der Waals surface area (Å²) >= 11 is 0. The van der Waals surface area contributed by atoms with Crippen LogP contribution in [0.1, 0.15) is 0 Å². The molecule has 0 aliphatic heterocycles. The summed E-state index contributed by atoms with van der Waals surface area (Å²) in [5.41, 5.74) is 10.7. The minimum Gasteiger partial charge on any atom is -0.309 e. The second kappa shape index (κ2) is 11.5. The molecule has 4 heterocycles. The molecule has 55 heavy (non-hydrogen) atoms. The van der Waals surface area contributed by atoms with E-state index in [1.165, 1.54) is 48.9 Å². The number of rotatable bonds is 4. The van der Waals surface area contributed by atoms with E-state index in [-0.39, 0.29) is 0 Å². The lowest BCUT2D eigenvalue weighted by atomic mass is 10.0. The van der Waals surface area contributed by atoms with Crippen molar-refractivity contribution in [2.24, 2.45) is 0 Å². The highest BCUT2D eigenvalue weighted by Crippen LogP contribution is 2.43. The molecule has 4 aromatic heterocycles. The van der Waals surface area contributed by atoms with Gasteiger partial charge in [-0.1, -0.05) is 127 Å². The summed E-state index contributed by atoms with van der Waals surface area (Å²) in [5, 5.41) is 13.4. The largest absolute Gasteiger partial charge is 0.309 e. The first-order valence-corrected chi connectivity index (χ1v) is 18.5. The first-order chi connectivity index (χ1) is 27.3. The molecule has 0 aliphatic rings. The van der Waals surface area contributed by atoms with Crippen molar-refractivity contribution >= 4 is 71.1 Å². The summed E-state index contributed by atoms with van der Waals surface area (Å²) in [6.45, 7) is 0. The molecule has 0 fully saturated rings. The maximum absolute atomic E-state index is 5.08. The van der Waals surface area contributed by atoms with Crippen LogP contribution in [-0.2, 0) is 0 Å². The summed E-state index contributed by atoms with van der Waals surface area (Å²) in [7, 11) is 0. The smallest absolute Gasteiger partial charge is 0.253 e. The first kappa shape index (κ1) is 29.9. The lowest BCUT2D eigenvalue weighted by molar-refractivity contribution is 0.988. The van der Waals surface area contributed by atoms with Crippen molar-refractivity contribution in [3.05, 3.63) is 182 Å². The van der Waals surface area contributed by atoms with Gasteiger partial charge in [-0.05, 0) is 65.4 Å². The van der Waals surface area contributed by atoms with Crippen LogP contribution in [0.5, 0.6) is 0 Å². The number of hydrogen-bond acceptors (Lipinski definition) is 3. The monoisotopic (exact) mass is 702 g/mol. The number of hydrogen-bond donors (Lipinski definition) is 0. The van der Waals surface area contributed by atoms with Gasteiger partial charge >= 0.3 is 0 Å².